The molecule has 0 aromatic heterocycles. The third-order valence-corrected chi connectivity index (χ3v) is 5.31. The van der Waals surface area contributed by atoms with Crippen molar-refractivity contribution in [3.05, 3.63) is 64.2 Å². The first-order valence-corrected chi connectivity index (χ1v) is 9.61. The van der Waals surface area contributed by atoms with Gasteiger partial charge in [-0.1, -0.05) is 41.4 Å². The molecule has 0 fully saturated rings. The maximum absolute atomic E-state index is 12.1. The Labute approximate surface area is 153 Å². The van der Waals surface area contributed by atoms with Crippen LogP contribution in [0.1, 0.15) is 23.1 Å². The molecule has 0 amide bonds. The lowest BCUT2D eigenvalue weighted by atomic mass is 10.1. The molecule has 2 aromatic carbocycles. The second kappa shape index (κ2) is 8.47. The Morgan fingerprint density at radius 2 is 1.92 bits per heavy atom. The number of carbonyl (C=O) groups is 1. The summed E-state index contributed by atoms with van der Waals surface area (Å²) < 4.78 is 31.8. The maximum atomic E-state index is 12.1. The van der Waals surface area contributed by atoms with E-state index in [1.54, 1.807) is 12.1 Å². The second-order valence-electron chi connectivity index (χ2n) is 5.70. The van der Waals surface area contributed by atoms with Gasteiger partial charge >= 0.3 is 5.97 Å². The monoisotopic (exact) mass is 381 g/mol. The zero-order chi connectivity index (χ0) is 18.4. The van der Waals surface area contributed by atoms with E-state index in [-0.39, 0.29) is 24.5 Å². The summed E-state index contributed by atoms with van der Waals surface area (Å²) in [6, 6.07) is 11.9. The molecule has 25 heavy (non-hydrogen) atoms. The van der Waals surface area contributed by atoms with Gasteiger partial charge in [-0.3, -0.25) is 4.79 Å². The van der Waals surface area contributed by atoms with Crippen LogP contribution in [-0.2, 0) is 26.2 Å². The summed E-state index contributed by atoms with van der Waals surface area (Å²) >= 11 is 5.79. The lowest BCUT2D eigenvalue weighted by Gasteiger charge is -2.09. The first-order valence-electron chi connectivity index (χ1n) is 7.75. The van der Waals surface area contributed by atoms with E-state index in [0.717, 1.165) is 16.7 Å². The molecule has 0 aliphatic rings. The van der Waals surface area contributed by atoms with Crippen LogP contribution < -0.4 is 4.72 Å². The summed E-state index contributed by atoms with van der Waals surface area (Å²) in [7, 11) is -3.70. The Kier molecular flexibility index (Phi) is 6.58. The van der Waals surface area contributed by atoms with Crippen LogP contribution in [0.25, 0.3) is 0 Å². The molecule has 0 radical (unpaired) electrons. The highest BCUT2D eigenvalue weighted by Gasteiger charge is 2.15. The number of esters is 1. The lowest BCUT2D eigenvalue weighted by Crippen LogP contribution is -2.26. The molecule has 0 spiro atoms. The van der Waals surface area contributed by atoms with Crippen LogP contribution in [0.4, 0.5) is 0 Å². The number of rotatable bonds is 7. The Balaban J connectivity index is 1.83. The van der Waals surface area contributed by atoms with E-state index < -0.39 is 16.0 Å². The van der Waals surface area contributed by atoms with Gasteiger partial charge in [0.25, 0.3) is 0 Å². The standard InChI is InChI=1S/C18H20ClNO4S/c1-13-6-7-14(2)15(10-13)12-24-18(21)8-9-20-25(22,23)17-5-3-4-16(19)11-17/h3-7,10-11,20H,8-9,12H2,1-2H3. The van der Waals surface area contributed by atoms with Gasteiger partial charge in [-0.2, -0.15) is 0 Å². The number of nitrogens with one attached hydrogen (secondary N) is 1. The number of sulfonamides is 1. The van der Waals surface area contributed by atoms with Gasteiger partial charge in [0.2, 0.25) is 10.0 Å². The summed E-state index contributed by atoms with van der Waals surface area (Å²) in [6.45, 7) is 4.05. The molecular weight excluding hydrogens is 362 g/mol. The van der Waals surface area contributed by atoms with Crippen molar-refractivity contribution in [1.82, 2.24) is 4.72 Å². The third-order valence-electron chi connectivity index (χ3n) is 3.62. The Bertz CT molecular complexity index is 865. The van der Waals surface area contributed by atoms with Crippen LogP contribution in [0, 0.1) is 13.8 Å². The van der Waals surface area contributed by atoms with E-state index in [1.807, 2.05) is 32.0 Å². The minimum Gasteiger partial charge on any atom is -0.461 e. The zero-order valence-electron chi connectivity index (χ0n) is 14.1. The van der Waals surface area contributed by atoms with Crippen LogP contribution in [0.15, 0.2) is 47.4 Å². The number of benzene rings is 2. The van der Waals surface area contributed by atoms with Crippen LogP contribution in [0.2, 0.25) is 5.02 Å². The van der Waals surface area contributed by atoms with Crippen LogP contribution >= 0.6 is 11.6 Å². The zero-order valence-corrected chi connectivity index (χ0v) is 15.7. The van der Waals surface area contributed by atoms with Crippen molar-refractivity contribution in [3.8, 4) is 0 Å². The molecule has 0 atom stereocenters. The molecule has 5 nitrogen and oxygen atoms in total. The number of ether oxygens (including phenoxy) is 1. The molecular formula is C18H20ClNO4S. The normalized spacial score (nSPS) is 11.3. The predicted molar refractivity (Wildman–Crippen MR) is 97.0 cm³/mol. The quantitative estimate of drug-likeness (QED) is 0.746. The van der Waals surface area contributed by atoms with E-state index in [0.29, 0.717) is 5.02 Å². The number of aryl methyl sites for hydroxylation is 2. The SMILES string of the molecule is Cc1ccc(C)c(COC(=O)CCNS(=O)(=O)c2cccc(Cl)c2)c1. The lowest BCUT2D eigenvalue weighted by molar-refractivity contribution is -0.144. The summed E-state index contributed by atoms with van der Waals surface area (Å²) in [5.74, 6) is -0.463. The molecule has 0 unspecified atom stereocenters. The fraction of sp³-hybridized carbons (Fsp3) is 0.278. The van der Waals surface area contributed by atoms with Crippen LogP contribution in [0.5, 0.6) is 0 Å². The van der Waals surface area contributed by atoms with E-state index in [4.69, 9.17) is 16.3 Å². The van der Waals surface area contributed by atoms with Gasteiger partial charge in [0.15, 0.2) is 0 Å². The van der Waals surface area contributed by atoms with E-state index >= 15 is 0 Å². The van der Waals surface area contributed by atoms with Crippen molar-refractivity contribution in [3.63, 3.8) is 0 Å². The highest BCUT2D eigenvalue weighted by Crippen LogP contribution is 2.15. The topological polar surface area (TPSA) is 72.5 Å². The molecule has 0 heterocycles. The highest BCUT2D eigenvalue weighted by atomic mass is 35.5. The van der Waals surface area contributed by atoms with Gasteiger partial charge in [-0.05, 0) is 43.2 Å². The average molecular weight is 382 g/mol. The van der Waals surface area contributed by atoms with Crippen molar-refractivity contribution in [2.75, 3.05) is 6.54 Å². The molecule has 0 aliphatic carbocycles. The Morgan fingerprint density at radius 3 is 2.64 bits per heavy atom. The largest absolute Gasteiger partial charge is 0.461 e. The predicted octanol–water partition coefficient (Wildman–Crippen LogP) is 3.37. The first-order chi connectivity index (χ1) is 11.8. The van der Waals surface area contributed by atoms with Gasteiger partial charge in [0.1, 0.15) is 6.61 Å². The number of hydrogen-bond donors (Lipinski definition) is 1. The summed E-state index contributed by atoms with van der Waals surface area (Å²) in [4.78, 5) is 11.9. The molecule has 0 saturated heterocycles. The van der Waals surface area contributed by atoms with Crippen molar-refractivity contribution in [2.24, 2.45) is 0 Å². The van der Waals surface area contributed by atoms with E-state index in [9.17, 15) is 13.2 Å². The second-order valence-corrected chi connectivity index (χ2v) is 7.90. The first kappa shape index (κ1) is 19.4. The molecule has 7 heteroatoms. The van der Waals surface area contributed by atoms with Gasteiger partial charge in [-0.25, -0.2) is 13.1 Å². The molecule has 0 bridgehead atoms. The number of carbonyl (C=O) groups excluding carboxylic acids is 1. The fourth-order valence-corrected chi connectivity index (χ4v) is 3.52. The van der Waals surface area contributed by atoms with E-state index in [1.165, 1.54) is 12.1 Å². The third kappa shape index (κ3) is 5.85. The minimum atomic E-state index is -3.70. The van der Waals surface area contributed by atoms with Crippen LogP contribution in [0.3, 0.4) is 0 Å². The average Bonchev–Trinajstić information content (AvgIpc) is 2.55. The number of halogens is 1. The summed E-state index contributed by atoms with van der Waals surface area (Å²) in [5.41, 5.74) is 3.07. The van der Waals surface area contributed by atoms with Crippen LogP contribution in [-0.4, -0.2) is 20.9 Å². The van der Waals surface area contributed by atoms with Gasteiger partial charge in [-0.15, -0.1) is 0 Å². The Morgan fingerprint density at radius 1 is 1.16 bits per heavy atom. The molecule has 134 valence electrons. The van der Waals surface area contributed by atoms with Gasteiger partial charge in [0.05, 0.1) is 11.3 Å². The van der Waals surface area contributed by atoms with Gasteiger partial charge in [0, 0.05) is 11.6 Å². The van der Waals surface area contributed by atoms with Crippen molar-refractivity contribution >= 4 is 27.6 Å². The molecule has 0 saturated carbocycles. The summed E-state index contributed by atoms with van der Waals surface area (Å²) in [6.07, 6.45) is -0.0509. The van der Waals surface area contributed by atoms with Crippen molar-refractivity contribution in [2.45, 2.75) is 31.8 Å². The number of hydrogen-bond acceptors (Lipinski definition) is 4. The molecule has 0 aliphatic heterocycles. The molecule has 2 rings (SSSR count). The molecule has 2 aromatic rings. The van der Waals surface area contributed by atoms with E-state index in [2.05, 4.69) is 4.72 Å². The highest BCUT2D eigenvalue weighted by molar-refractivity contribution is 7.89. The Hall–Kier alpha value is -1.89. The fourth-order valence-electron chi connectivity index (χ4n) is 2.19. The van der Waals surface area contributed by atoms with Gasteiger partial charge < -0.3 is 4.74 Å². The smallest absolute Gasteiger partial charge is 0.307 e. The molecule has 1 N–H and O–H groups in total. The minimum absolute atomic E-state index is 0.0412. The summed E-state index contributed by atoms with van der Waals surface area (Å²) in [5, 5.41) is 0.329. The maximum Gasteiger partial charge on any atom is 0.307 e. The van der Waals surface area contributed by atoms with Crippen molar-refractivity contribution < 1.29 is 17.9 Å². The van der Waals surface area contributed by atoms with Crippen molar-refractivity contribution in [1.29, 1.82) is 0 Å².